The van der Waals surface area contributed by atoms with Gasteiger partial charge in [0.05, 0.1) is 0 Å². The molecule has 0 aliphatic carbocycles. The molecular formula is C16H17N3O2. The van der Waals surface area contributed by atoms with Crippen molar-refractivity contribution >= 4 is 5.91 Å². The number of hydrogen-bond donors (Lipinski definition) is 2. The maximum Gasteiger partial charge on any atom is 0.251 e. The number of rotatable bonds is 5. The number of aryl methyl sites for hydroxylation is 1. The predicted octanol–water partition coefficient (Wildman–Crippen LogP) is 1.05. The lowest BCUT2D eigenvalue weighted by atomic mass is 10.1. The zero-order valence-electron chi connectivity index (χ0n) is 11.6. The molecule has 0 aliphatic rings. The van der Waals surface area contributed by atoms with E-state index in [-0.39, 0.29) is 12.5 Å². The van der Waals surface area contributed by atoms with Crippen molar-refractivity contribution in [2.75, 3.05) is 13.2 Å². The van der Waals surface area contributed by atoms with E-state index in [9.17, 15) is 4.79 Å². The van der Waals surface area contributed by atoms with Crippen molar-refractivity contribution in [1.82, 2.24) is 15.1 Å². The SMILES string of the molecule is O=C(NCCCn1cccn1)c1cccc(C#CCO)c1. The standard InChI is InChI=1S/C16H17N3O2/c20-12-2-6-14-5-1-7-15(13-14)16(21)17-8-3-10-19-11-4-9-18-19/h1,4-5,7,9,11,13,20H,3,8,10,12H2,(H,17,21). The molecule has 2 aromatic rings. The van der Waals surface area contributed by atoms with Crippen LogP contribution in [-0.4, -0.2) is 33.9 Å². The van der Waals surface area contributed by atoms with Crippen molar-refractivity contribution in [2.24, 2.45) is 0 Å². The lowest BCUT2D eigenvalue weighted by Gasteiger charge is -2.06. The van der Waals surface area contributed by atoms with Gasteiger partial charge in [0.1, 0.15) is 6.61 Å². The third-order valence-electron chi connectivity index (χ3n) is 2.85. The van der Waals surface area contributed by atoms with E-state index in [4.69, 9.17) is 5.11 Å². The van der Waals surface area contributed by atoms with Crippen molar-refractivity contribution < 1.29 is 9.90 Å². The summed E-state index contributed by atoms with van der Waals surface area (Å²) in [5.74, 6) is 5.22. The molecular weight excluding hydrogens is 266 g/mol. The van der Waals surface area contributed by atoms with Gasteiger partial charge in [0.25, 0.3) is 5.91 Å². The minimum absolute atomic E-state index is 0.122. The molecule has 0 saturated heterocycles. The quantitative estimate of drug-likeness (QED) is 0.636. The maximum absolute atomic E-state index is 12.0. The first-order valence-corrected chi connectivity index (χ1v) is 6.75. The molecule has 0 spiro atoms. The molecule has 5 heteroatoms. The highest BCUT2D eigenvalue weighted by Gasteiger charge is 2.04. The highest BCUT2D eigenvalue weighted by molar-refractivity contribution is 5.94. The first kappa shape index (κ1) is 14.8. The van der Waals surface area contributed by atoms with Crippen LogP contribution >= 0.6 is 0 Å². The summed E-state index contributed by atoms with van der Waals surface area (Å²) in [7, 11) is 0. The summed E-state index contributed by atoms with van der Waals surface area (Å²) >= 11 is 0. The lowest BCUT2D eigenvalue weighted by Crippen LogP contribution is -2.25. The Bertz CT molecular complexity index is 639. The number of aliphatic hydroxyl groups is 1. The summed E-state index contributed by atoms with van der Waals surface area (Å²) in [6.45, 7) is 1.17. The van der Waals surface area contributed by atoms with Crippen LogP contribution < -0.4 is 5.32 Å². The molecule has 1 amide bonds. The van der Waals surface area contributed by atoms with Crippen LogP contribution in [0.5, 0.6) is 0 Å². The average Bonchev–Trinajstić information content (AvgIpc) is 3.03. The van der Waals surface area contributed by atoms with Gasteiger partial charge in [-0.1, -0.05) is 17.9 Å². The van der Waals surface area contributed by atoms with Crippen molar-refractivity contribution in [2.45, 2.75) is 13.0 Å². The van der Waals surface area contributed by atoms with Crippen LogP contribution in [0, 0.1) is 11.8 Å². The first-order valence-electron chi connectivity index (χ1n) is 6.75. The van der Waals surface area contributed by atoms with Crippen molar-refractivity contribution in [3.8, 4) is 11.8 Å². The molecule has 0 fully saturated rings. The molecule has 1 heterocycles. The van der Waals surface area contributed by atoms with E-state index < -0.39 is 0 Å². The van der Waals surface area contributed by atoms with Crippen molar-refractivity contribution in [3.05, 3.63) is 53.9 Å². The molecule has 1 aromatic carbocycles. The number of hydrogen-bond acceptors (Lipinski definition) is 3. The Balaban J connectivity index is 1.82. The highest BCUT2D eigenvalue weighted by atomic mass is 16.2. The van der Waals surface area contributed by atoms with Crippen LogP contribution in [0.2, 0.25) is 0 Å². The second-order valence-electron chi connectivity index (χ2n) is 4.42. The molecule has 2 N–H and O–H groups in total. The Labute approximate surface area is 123 Å². The predicted molar refractivity (Wildman–Crippen MR) is 79.6 cm³/mol. The largest absolute Gasteiger partial charge is 0.384 e. The maximum atomic E-state index is 12.0. The molecule has 0 aliphatic heterocycles. The van der Waals surface area contributed by atoms with Crippen LogP contribution in [0.3, 0.4) is 0 Å². The van der Waals surface area contributed by atoms with Crippen molar-refractivity contribution in [3.63, 3.8) is 0 Å². The molecule has 0 radical (unpaired) electrons. The van der Waals surface area contributed by atoms with E-state index in [1.807, 2.05) is 16.9 Å². The fraction of sp³-hybridized carbons (Fsp3) is 0.250. The molecule has 108 valence electrons. The van der Waals surface area contributed by atoms with E-state index in [2.05, 4.69) is 22.3 Å². The topological polar surface area (TPSA) is 67.2 Å². The van der Waals surface area contributed by atoms with Crippen LogP contribution in [0.4, 0.5) is 0 Å². The Morgan fingerprint density at radius 3 is 3.05 bits per heavy atom. The number of aromatic nitrogens is 2. The number of nitrogens with one attached hydrogen (secondary N) is 1. The van der Waals surface area contributed by atoms with Gasteiger partial charge in [-0.05, 0) is 30.7 Å². The summed E-state index contributed by atoms with van der Waals surface area (Å²) < 4.78 is 1.83. The Hall–Kier alpha value is -2.58. The molecule has 0 bridgehead atoms. The van der Waals surface area contributed by atoms with Crippen LogP contribution in [0.15, 0.2) is 42.7 Å². The lowest BCUT2D eigenvalue weighted by molar-refractivity contribution is 0.0952. The number of carbonyl (C=O) groups excluding carboxylic acids is 1. The van der Waals surface area contributed by atoms with E-state index in [0.717, 1.165) is 13.0 Å². The minimum Gasteiger partial charge on any atom is -0.384 e. The van der Waals surface area contributed by atoms with Crippen LogP contribution in [-0.2, 0) is 6.54 Å². The van der Waals surface area contributed by atoms with Gasteiger partial charge >= 0.3 is 0 Å². The summed E-state index contributed by atoms with van der Waals surface area (Å²) in [5, 5.41) is 15.6. The zero-order chi connectivity index (χ0) is 14.9. The number of amides is 1. The van der Waals surface area contributed by atoms with Crippen LogP contribution in [0.1, 0.15) is 22.3 Å². The summed E-state index contributed by atoms with van der Waals surface area (Å²) in [5.41, 5.74) is 1.28. The number of carbonyl (C=O) groups is 1. The molecule has 2 rings (SSSR count). The van der Waals surface area contributed by atoms with Gasteiger partial charge in [-0.3, -0.25) is 9.48 Å². The van der Waals surface area contributed by atoms with Gasteiger partial charge in [0, 0.05) is 36.6 Å². The molecule has 1 aromatic heterocycles. The van der Waals surface area contributed by atoms with Crippen molar-refractivity contribution in [1.29, 1.82) is 0 Å². The van der Waals surface area contributed by atoms with Crippen LogP contribution in [0.25, 0.3) is 0 Å². The average molecular weight is 283 g/mol. The van der Waals surface area contributed by atoms with Gasteiger partial charge in [-0.15, -0.1) is 0 Å². The molecule has 21 heavy (non-hydrogen) atoms. The third-order valence-corrected chi connectivity index (χ3v) is 2.85. The normalized spacial score (nSPS) is 9.76. The number of nitrogens with zero attached hydrogens (tertiary/aromatic N) is 2. The van der Waals surface area contributed by atoms with Gasteiger partial charge in [-0.2, -0.15) is 5.10 Å². The smallest absolute Gasteiger partial charge is 0.251 e. The summed E-state index contributed by atoms with van der Waals surface area (Å²) in [4.78, 5) is 12.0. The second kappa shape index (κ2) is 7.88. The van der Waals surface area contributed by atoms with Gasteiger partial charge in [-0.25, -0.2) is 0 Å². The fourth-order valence-electron chi connectivity index (χ4n) is 1.86. The summed E-state index contributed by atoms with van der Waals surface area (Å²) in [6.07, 6.45) is 4.44. The monoisotopic (exact) mass is 283 g/mol. The Morgan fingerprint density at radius 2 is 2.29 bits per heavy atom. The minimum atomic E-state index is -0.191. The molecule has 5 nitrogen and oxygen atoms in total. The molecule has 0 saturated carbocycles. The van der Waals surface area contributed by atoms with E-state index in [1.54, 1.807) is 30.5 Å². The molecule has 0 unspecified atom stereocenters. The number of benzene rings is 1. The third kappa shape index (κ3) is 4.79. The Kier molecular flexibility index (Phi) is 5.56. The van der Waals surface area contributed by atoms with Gasteiger partial charge in [0.15, 0.2) is 0 Å². The Morgan fingerprint density at radius 1 is 1.38 bits per heavy atom. The zero-order valence-corrected chi connectivity index (χ0v) is 11.6. The van der Waals surface area contributed by atoms with E-state index >= 15 is 0 Å². The first-order chi connectivity index (χ1) is 10.3. The van der Waals surface area contributed by atoms with Gasteiger partial charge in [0.2, 0.25) is 0 Å². The fourth-order valence-corrected chi connectivity index (χ4v) is 1.86. The summed E-state index contributed by atoms with van der Waals surface area (Å²) in [6, 6.07) is 8.91. The van der Waals surface area contributed by atoms with E-state index in [0.29, 0.717) is 17.7 Å². The highest BCUT2D eigenvalue weighted by Crippen LogP contribution is 2.04. The van der Waals surface area contributed by atoms with Gasteiger partial charge < -0.3 is 10.4 Å². The molecule has 0 atom stereocenters. The number of aliphatic hydroxyl groups excluding tert-OH is 1. The van der Waals surface area contributed by atoms with E-state index in [1.165, 1.54) is 0 Å². The second-order valence-corrected chi connectivity index (χ2v) is 4.42.